The number of amides is 1. The molecule has 2 N–H and O–H groups in total. The zero-order valence-corrected chi connectivity index (χ0v) is 16.8. The first-order valence-electron chi connectivity index (χ1n) is 9.90. The third kappa shape index (κ3) is 6.89. The molecule has 1 amide bonds. The number of piperidine rings is 1. The molecule has 1 aliphatic rings. The van der Waals surface area contributed by atoms with Crippen molar-refractivity contribution in [1.82, 2.24) is 5.32 Å². The van der Waals surface area contributed by atoms with Gasteiger partial charge >= 0.3 is 11.9 Å². The summed E-state index contributed by atoms with van der Waals surface area (Å²) in [6, 6.07) is 5.87. The number of Topliss-reactive ketones (excluding diaryl/α,β-unsaturated/α-hetero) is 1. The third-order valence-electron chi connectivity index (χ3n) is 4.94. The van der Waals surface area contributed by atoms with E-state index in [1.54, 1.807) is 31.2 Å². The van der Waals surface area contributed by atoms with E-state index in [1.807, 2.05) is 6.92 Å². The molecule has 2 atom stereocenters. The number of rotatable bonds is 9. The van der Waals surface area contributed by atoms with E-state index in [4.69, 9.17) is 9.84 Å². The molecule has 1 aromatic carbocycles. The van der Waals surface area contributed by atoms with E-state index in [2.05, 4.69) is 10.2 Å². The second kappa shape index (κ2) is 10.6. The van der Waals surface area contributed by atoms with Crippen molar-refractivity contribution in [2.24, 2.45) is 0 Å². The zero-order valence-electron chi connectivity index (χ0n) is 16.8. The lowest BCUT2D eigenvalue weighted by molar-refractivity contribution is -0.151. The molecule has 8 nitrogen and oxygen atoms in total. The Balaban J connectivity index is 2.02. The number of ketones is 1. The van der Waals surface area contributed by atoms with Gasteiger partial charge in [0.25, 0.3) is 5.91 Å². The van der Waals surface area contributed by atoms with Crippen LogP contribution < -0.4 is 10.2 Å². The Kier molecular flexibility index (Phi) is 8.18. The van der Waals surface area contributed by atoms with Crippen molar-refractivity contribution < 1.29 is 29.0 Å². The lowest BCUT2D eigenvalue weighted by atomic mass is 10.1. The van der Waals surface area contributed by atoms with Crippen LogP contribution in [0.2, 0.25) is 0 Å². The molecule has 2 rings (SSSR count). The molecule has 1 heterocycles. The maximum atomic E-state index is 12.6. The van der Waals surface area contributed by atoms with Crippen molar-refractivity contribution in [2.75, 3.05) is 18.0 Å². The smallest absolute Gasteiger partial charge is 0.328 e. The Morgan fingerprint density at radius 3 is 2.34 bits per heavy atom. The molecule has 0 aliphatic carbocycles. The van der Waals surface area contributed by atoms with Gasteiger partial charge in [0.1, 0.15) is 11.8 Å². The highest BCUT2D eigenvalue weighted by Gasteiger charge is 2.25. The predicted octanol–water partition coefficient (Wildman–Crippen LogP) is 2.16. The molecule has 0 saturated carbocycles. The fourth-order valence-corrected chi connectivity index (χ4v) is 2.96. The zero-order chi connectivity index (χ0) is 21.4. The highest BCUT2D eigenvalue weighted by Crippen LogP contribution is 2.19. The molecule has 158 valence electrons. The standard InChI is InChI=1S/C21H28N2O6/c1-3-14(2)29-21(28)18(8-9-19(25)26)22-20(27)15-4-6-16(7-5-15)23-12-10-17(24)11-13-23/h4-7,14,18H,3,8-13H2,1-2H3,(H,22,27)(H,25,26)/t14?,18-/m0/s1. The largest absolute Gasteiger partial charge is 0.481 e. The summed E-state index contributed by atoms with van der Waals surface area (Å²) in [5.41, 5.74) is 1.28. The average Bonchev–Trinajstić information content (AvgIpc) is 2.71. The number of benzene rings is 1. The van der Waals surface area contributed by atoms with Crippen LogP contribution in [0, 0.1) is 0 Å². The summed E-state index contributed by atoms with van der Waals surface area (Å²) < 4.78 is 5.26. The van der Waals surface area contributed by atoms with Gasteiger partial charge in [0.15, 0.2) is 0 Å². The Bertz CT molecular complexity index is 736. The number of hydrogen-bond acceptors (Lipinski definition) is 6. The summed E-state index contributed by atoms with van der Waals surface area (Å²) in [7, 11) is 0. The maximum Gasteiger partial charge on any atom is 0.328 e. The summed E-state index contributed by atoms with van der Waals surface area (Å²) in [4.78, 5) is 49.2. The molecule has 0 aromatic heterocycles. The number of aliphatic carboxylic acids is 1. The third-order valence-corrected chi connectivity index (χ3v) is 4.94. The van der Waals surface area contributed by atoms with Gasteiger partial charge in [-0.05, 0) is 44.0 Å². The molecule has 29 heavy (non-hydrogen) atoms. The van der Waals surface area contributed by atoms with Crippen LogP contribution in [0.5, 0.6) is 0 Å². The number of nitrogens with one attached hydrogen (secondary N) is 1. The summed E-state index contributed by atoms with van der Waals surface area (Å²) in [5.74, 6) is -1.90. The summed E-state index contributed by atoms with van der Waals surface area (Å²) >= 11 is 0. The van der Waals surface area contributed by atoms with Crippen molar-refractivity contribution >= 4 is 29.3 Å². The molecule has 1 aromatic rings. The van der Waals surface area contributed by atoms with Gasteiger partial charge in [0.2, 0.25) is 0 Å². The van der Waals surface area contributed by atoms with Gasteiger partial charge in [-0.25, -0.2) is 4.79 Å². The highest BCUT2D eigenvalue weighted by molar-refractivity contribution is 5.97. The van der Waals surface area contributed by atoms with E-state index < -0.39 is 23.9 Å². The van der Waals surface area contributed by atoms with Crippen molar-refractivity contribution in [3.05, 3.63) is 29.8 Å². The first-order chi connectivity index (χ1) is 13.8. The SMILES string of the molecule is CCC(C)OC(=O)[C@H](CCC(=O)O)NC(=O)c1ccc(N2CCC(=O)CC2)cc1. The van der Waals surface area contributed by atoms with E-state index in [9.17, 15) is 19.2 Å². The van der Waals surface area contributed by atoms with Gasteiger partial charge in [-0.1, -0.05) is 6.92 Å². The number of ether oxygens (including phenoxy) is 1. The summed E-state index contributed by atoms with van der Waals surface area (Å²) in [6.07, 6.45) is 1.04. The number of carboxylic acid groups (broad SMARTS) is 1. The van der Waals surface area contributed by atoms with Gasteiger partial charge in [0.05, 0.1) is 6.10 Å². The number of carboxylic acids is 1. The van der Waals surface area contributed by atoms with Gasteiger partial charge in [-0.3, -0.25) is 14.4 Å². The van der Waals surface area contributed by atoms with Crippen LogP contribution in [0.25, 0.3) is 0 Å². The second-order valence-electron chi connectivity index (χ2n) is 7.19. The van der Waals surface area contributed by atoms with E-state index in [0.29, 0.717) is 37.9 Å². The topological polar surface area (TPSA) is 113 Å². The maximum absolute atomic E-state index is 12.6. The normalized spacial score (nSPS) is 16.1. The van der Waals surface area contributed by atoms with Gasteiger partial charge in [0, 0.05) is 43.6 Å². The van der Waals surface area contributed by atoms with E-state index in [1.165, 1.54) is 0 Å². The van der Waals surface area contributed by atoms with Crippen molar-refractivity contribution in [2.45, 2.75) is 58.1 Å². The second-order valence-corrected chi connectivity index (χ2v) is 7.19. The van der Waals surface area contributed by atoms with Crippen LogP contribution >= 0.6 is 0 Å². The molecular formula is C21H28N2O6. The first-order valence-corrected chi connectivity index (χ1v) is 9.90. The fraction of sp³-hybridized carbons (Fsp3) is 0.524. The molecule has 0 bridgehead atoms. The Morgan fingerprint density at radius 1 is 1.17 bits per heavy atom. The number of anilines is 1. The first kappa shape index (κ1) is 22.4. The van der Waals surface area contributed by atoms with Crippen molar-refractivity contribution in [3.63, 3.8) is 0 Å². The summed E-state index contributed by atoms with van der Waals surface area (Å²) in [6.45, 7) is 4.91. The number of carbonyl (C=O) groups excluding carboxylic acids is 3. The van der Waals surface area contributed by atoms with Gasteiger partial charge in [-0.2, -0.15) is 0 Å². The number of nitrogens with zero attached hydrogens (tertiary/aromatic N) is 1. The molecule has 0 radical (unpaired) electrons. The van der Waals surface area contributed by atoms with Crippen LogP contribution in [-0.2, 0) is 19.1 Å². The van der Waals surface area contributed by atoms with E-state index >= 15 is 0 Å². The highest BCUT2D eigenvalue weighted by atomic mass is 16.5. The minimum absolute atomic E-state index is 0.0454. The predicted molar refractivity (Wildman–Crippen MR) is 107 cm³/mol. The van der Waals surface area contributed by atoms with Crippen LogP contribution in [0.3, 0.4) is 0 Å². The Labute approximate surface area is 170 Å². The van der Waals surface area contributed by atoms with Crippen molar-refractivity contribution in [1.29, 1.82) is 0 Å². The number of hydrogen-bond donors (Lipinski definition) is 2. The number of carbonyl (C=O) groups is 4. The minimum atomic E-state index is -1.05. The minimum Gasteiger partial charge on any atom is -0.481 e. The molecule has 8 heteroatoms. The lowest BCUT2D eigenvalue weighted by Gasteiger charge is -2.28. The molecule has 1 fully saturated rings. The Morgan fingerprint density at radius 2 is 1.79 bits per heavy atom. The van der Waals surface area contributed by atoms with Crippen LogP contribution in [0.15, 0.2) is 24.3 Å². The molecule has 1 aliphatic heterocycles. The average molecular weight is 404 g/mol. The summed E-state index contributed by atoms with van der Waals surface area (Å²) in [5, 5.41) is 11.5. The lowest BCUT2D eigenvalue weighted by Crippen LogP contribution is -2.43. The quantitative estimate of drug-likeness (QED) is 0.606. The van der Waals surface area contributed by atoms with Crippen molar-refractivity contribution in [3.8, 4) is 0 Å². The fourth-order valence-electron chi connectivity index (χ4n) is 2.96. The molecular weight excluding hydrogens is 376 g/mol. The molecule has 1 saturated heterocycles. The van der Waals surface area contributed by atoms with E-state index in [0.717, 1.165) is 5.69 Å². The Hall–Kier alpha value is -2.90. The van der Waals surface area contributed by atoms with Gasteiger partial charge < -0.3 is 20.1 Å². The monoisotopic (exact) mass is 404 g/mol. The molecule has 0 spiro atoms. The number of esters is 1. The molecule has 1 unspecified atom stereocenters. The van der Waals surface area contributed by atoms with E-state index in [-0.39, 0.29) is 24.7 Å². The van der Waals surface area contributed by atoms with Gasteiger partial charge in [-0.15, -0.1) is 0 Å². The van der Waals surface area contributed by atoms with Crippen LogP contribution in [-0.4, -0.2) is 54.0 Å². The van der Waals surface area contributed by atoms with Crippen LogP contribution in [0.4, 0.5) is 5.69 Å². The van der Waals surface area contributed by atoms with Crippen LogP contribution in [0.1, 0.15) is 56.3 Å².